The summed E-state index contributed by atoms with van der Waals surface area (Å²) in [6.07, 6.45) is 16.2. The fourth-order valence-electron chi connectivity index (χ4n) is 5.89. The molecule has 0 radical (unpaired) electrons. The zero-order valence-corrected chi connectivity index (χ0v) is 26.7. The van der Waals surface area contributed by atoms with Gasteiger partial charge in [-0.05, 0) is 62.3 Å². The lowest BCUT2D eigenvalue weighted by Crippen LogP contribution is -2.45. The minimum atomic E-state index is -0.0731. The number of amides is 2. The van der Waals surface area contributed by atoms with Crippen LogP contribution in [0.4, 0.5) is 11.4 Å². The van der Waals surface area contributed by atoms with Crippen molar-refractivity contribution in [2.45, 2.75) is 77.4 Å². The van der Waals surface area contributed by atoms with Crippen LogP contribution in [0, 0.1) is 6.92 Å². The number of pyridine rings is 1. The zero-order valence-electron chi connectivity index (χ0n) is 26.7. The summed E-state index contributed by atoms with van der Waals surface area (Å²) in [4.78, 5) is 35.0. The Kier molecular flexibility index (Phi) is 11.3. The van der Waals surface area contributed by atoms with Gasteiger partial charge >= 0.3 is 0 Å². The quantitative estimate of drug-likeness (QED) is 0.317. The fourth-order valence-corrected chi connectivity index (χ4v) is 5.89. The number of rotatable bonds is 8. The average Bonchev–Trinajstić information content (AvgIpc) is 3.84. The van der Waals surface area contributed by atoms with E-state index in [1.807, 2.05) is 6.92 Å². The molecule has 2 unspecified atom stereocenters. The van der Waals surface area contributed by atoms with Gasteiger partial charge in [-0.2, -0.15) is 0 Å². The largest absolute Gasteiger partial charge is 0.404 e. The van der Waals surface area contributed by atoms with Gasteiger partial charge < -0.3 is 21.7 Å². The monoisotopic (exact) mass is 597 g/mol. The van der Waals surface area contributed by atoms with Gasteiger partial charge in [-0.1, -0.05) is 56.3 Å². The molecule has 1 aromatic heterocycles. The van der Waals surface area contributed by atoms with Crippen molar-refractivity contribution in [2.75, 3.05) is 30.8 Å². The topological polar surface area (TPSA) is 125 Å². The molecule has 5 rings (SSSR count). The average molecular weight is 598 g/mol. The van der Waals surface area contributed by atoms with Crippen molar-refractivity contribution in [1.29, 1.82) is 0 Å². The highest BCUT2D eigenvalue weighted by Crippen LogP contribution is 2.53. The highest BCUT2D eigenvalue weighted by Gasteiger charge is 2.52. The molecule has 234 valence electrons. The first-order chi connectivity index (χ1) is 21.2. The Hall–Kier alpha value is -4.08. The van der Waals surface area contributed by atoms with Gasteiger partial charge in [-0.15, -0.1) is 0 Å². The molecule has 3 aliphatic rings. The van der Waals surface area contributed by atoms with Crippen molar-refractivity contribution in [3.63, 3.8) is 0 Å². The number of aliphatic imine (C=N–C) groups is 1. The Balaban J connectivity index is 0.000000236. The van der Waals surface area contributed by atoms with Gasteiger partial charge in [-0.3, -0.25) is 24.5 Å². The predicted molar refractivity (Wildman–Crippen MR) is 180 cm³/mol. The van der Waals surface area contributed by atoms with Crippen LogP contribution in [0.1, 0.15) is 63.3 Å². The SMILES string of the molecule is CCC(=O)Nc1cc(NC(=O)CN2CCc3ccccc3C23CC3)cnc1C.CCC1C=CC(/C(C=NC)=C/N)=CC(C)N1. The lowest BCUT2D eigenvalue weighted by molar-refractivity contribution is -0.118. The first-order valence-corrected chi connectivity index (χ1v) is 15.6. The van der Waals surface area contributed by atoms with Crippen LogP contribution < -0.4 is 21.7 Å². The molecule has 0 saturated heterocycles. The number of hydrogen-bond acceptors (Lipinski definition) is 7. The molecule has 9 heteroatoms. The maximum absolute atomic E-state index is 12.7. The lowest BCUT2D eigenvalue weighted by Gasteiger charge is -2.37. The summed E-state index contributed by atoms with van der Waals surface area (Å²) in [5.41, 5.74) is 12.5. The number of aryl methyl sites for hydroxylation is 1. The van der Waals surface area contributed by atoms with E-state index in [2.05, 4.69) is 87.2 Å². The third-order valence-electron chi connectivity index (χ3n) is 8.43. The molecule has 0 bridgehead atoms. The Labute approximate surface area is 261 Å². The van der Waals surface area contributed by atoms with Crippen LogP contribution in [-0.4, -0.2) is 60.1 Å². The molecule has 5 N–H and O–H groups in total. The molecule has 9 nitrogen and oxygen atoms in total. The number of nitrogens with zero attached hydrogens (tertiary/aromatic N) is 3. The van der Waals surface area contributed by atoms with Gasteiger partial charge in [0.1, 0.15) is 0 Å². The predicted octanol–water partition coefficient (Wildman–Crippen LogP) is 5.01. The van der Waals surface area contributed by atoms with Gasteiger partial charge in [0.25, 0.3) is 0 Å². The van der Waals surface area contributed by atoms with E-state index in [-0.39, 0.29) is 17.4 Å². The van der Waals surface area contributed by atoms with Gasteiger partial charge in [-0.25, -0.2) is 0 Å². The van der Waals surface area contributed by atoms with E-state index in [0.29, 0.717) is 36.4 Å². The summed E-state index contributed by atoms with van der Waals surface area (Å²) >= 11 is 0. The van der Waals surface area contributed by atoms with E-state index < -0.39 is 0 Å². The lowest BCUT2D eigenvalue weighted by atomic mass is 9.90. The molecule has 1 saturated carbocycles. The number of nitrogens with one attached hydrogen (secondary N) is 3. The fraction of sp³-hybridized carbons (Fsp3) is 0.429. The third kappa shape index (κ3) is 8.09. The second-order valence-electron chi connectivity index (χ2n) is 11.6. The number of nitrogens with two attached hydrogens (primary N) is 1. The normalized spacial score (nSPS) is 20.7. The Morgan fingerprint density at radius 3 is 2.66 bits per heavy atom. The number of fused-ring (bicyclic) bond motifs is 2. The molecule has 1 spiro atoms. The summed E-state index contributed by atoms with van der Waals surface area (Å²) < 4.78 is 0. The van der Waals surface area contributed by atoms with Crippen LogP contribution >= 0.6 is 0 Å². The highest BCUT2D eigenvalue weighted by atomic mass is 16.2. The van der Waals surface area contributed by atoms with Crippen LogP contribution in [0.15, 0.2) is 77.1 Å². The van der Waals surface area contributed by atoms with Crippen molar-refractivity contribution in [1.82, 2.24) is 15.2 Å². The zero-order chi connectivity index (χ0) is 31.7. The van der Waals surface area contributed by atoms with Crippen molar-refractivity contribution in [3.05, 3.63) is 88.9 Å². The van der Waals surface area contributed by atoms with E-state index in [1.165, 1.54) is 11.1 Å². The van der Waals surface area contributed by atoms with E-state index in [0.717, 1.165) is 49.1 Å². The van der Waals surface area contributed by atoms with Crippen LogP contribution in [0.5, 0.6) is 0 Å². The van der Waals surface area contributed by atoms with Crippen molar-refractivity contribution >= 4 is 29.4 Å². The number of hydrogen-bond donors (Lipinski definition) is 4. The van der Waals surface area contributed by atoms with Crippen LogP contribution in [-0.2, 0) is 21.5 Å². The molecule has 1 aromatic carbocycles. The number of carbonyl (C=O) groups is 2. The Morgan fingerprint density at radius 1 is 1.20 bits per heavy atom. The molecular weight excluding hydrogens is 550 g/mol. The van der Waals surface area contributed by atoms with Crippen LogP contribution in [0.3, 0.4) is 0 Å². The van der Waals surface area contributed by atoms with Crippen molar-refractivity contribution in [2.24, 2.45) is 10.7 Å². The standard InChI is InChI=1S/C22H26N4O2.C13H21N3/c1-3-20(27)25-19-12-17(13-23-15(19)2)24-21(28)14-26-11-8-16-6-4-5-7-18(16)22(26)9-10-22;1-4-13-6-5-11(7-10(2)16-13)12(8-14)9-15-3/h4-7,12-13H,3,8-11,14H2,1-2H3,(H,24,28)(H,25,27);5-10,13,16H,4,14H2,1-3H3/b;12-8+,15-9?. The first kappa shape index (κ1) is 32.8. The van der Waals surface area contributed by atoms with Crippen LogP contribution in [0.25, 0.3) is 0 Å². The molecule has 2 aromatic rings. The summed E-state index contributed by atoms with van der Waals surface area (Å²) in [7, 11) is 1.75. The van der Waals surface area contributed by atoms with E-state index >= 15 is 0 Å². The number of anilines is 2. The number of aromatic nitrogens is 1. The maximum atomic E-state index is 12.7. The van der Waals surface area contributed by atoms with E-state index in [4.69, 9.17) is 5.73 Å². The number of allylic oxidation sites excluding steroid dienone is 3. The van der Waals surface area contributed by atoms with Gasteiger partial charge in [0, 0.05) is 55.6 Å². The van der Waals surface area contributed by atoms with E-state index in [1.54, 1.807) is 38.6 Å². The van der Waals surface area contributed by atoms with E-state index in [9.17, 15) is 9.59 Å². The molecule has 2 amide bonds. The molecule has 1 aliphatic carbocycles. The molecule has 2 atom stereocenters. The van der Waals surface area contributed by atoms with Crippen molar-refractivity contribution < 1.29 is 9.59 Å². The summed E-state index contributed by atoms with van der Waals surface area (Å²) in [6.45, 7) is 9.21. The second kappa shape index (κ2) is 15.1. The summed E-state index contributed by atoms with van der Waals surface area (Å²) in [6, 6.07) is 11.1. The highest BCUT2D eigenvalue weighted by molar-refractivity contribution is 5.95. The third-order valence-corrected chi connectivity index (χ3v) is 8.43. The van der Waals surface area contributed by atoms with Crippen LogP contribution in [0.2, 0.25) is 0 Å². The minimum Gasteiger partial charge on any atom is -0.404 e. The molecule has 44 heavy (non-hydrogen) atoms. The molecule has 3 heterocycles. The molecule has 2 aliphatic heterocycles. The smallest absolute Gasteiger partial charge is 0.238 e. The number of benzene rings is 1. The first-order valence-electron chi connectivity index (χ1n) is 15.6. The Bertz CT molecular complexity index is 1450. The maximum Gasteiger partial charge on any atom is 0.238 e. The second-order valence-corrected chi connectivity index (χ2v) is 11.6. The van der Waals surface area contributed by atoms with Gasteiger partial charge in [0.2, 0.25) is 11.8 Å². The molecule has 1 fully saturated rings. The number of carbonyl (C=O) groups excluding carboxylic acids is 2. The van der Waals surface area contributed by atoms with Gasteiger partial charge in [0.05, 0.1) is 29.8 Å². The van der Waals surface area contributed by atoms with Crippen molar-refractivity contribution in [3.8, 4) is 0 Å². The Morgan fingerprint density at radius 2 is 1.98 bits per heavy atom. The summed E-state index contributed by atoms with van der Waals surface area (Å²) in [5.74, 6) is -0.125. The van der Waals surface area contributed by atoms with Gasteiger partial charge in [0.15, 0.2) is 0 Å². The summed E-state index contributed by atoms with van der Waals surface area (Å²) in [5, 5.41) is 9.27. The molecular formula is C35H47N7O2. The minimum absolute atomic E-state index is 0.0397.